The molecule has 0 bridgehead atoms. The highest BCUT2D eigenvalue weighted by atomic mass is 79.9. The number of rotatable bonds is 3. The van der Waals surface area contributed by atoms with Crippen molar-refractivity contribution >= 4 is 56.4 Å². The number of halogens is 6. The van der Waals surface area contributed by atoms with Gasteiger partial charge in [0.15, 0.2) is 0 Å². The van der Waals surface area contributed by atoms with Gasteiger partial charge in [0.05, 0.1) is 21.8 Å². The Morgan fingerprint density at radius 3 is 2.38 bits per heavy atom. The largest absolute Gasteiger partial charge is 0.376 e. The van der Waals surface area contributed by atoms with Crippen LogP contribution in [0.15, 0.2) is 28.7 Å². The quantitative estimate of drug-likeness (QED) is 0.540. The Hall–Kier alpha value is -0.550. The molecule has 0 spiro atoms. The van der Waals surface area contributed by atoms with E-state index in [-0.39, 0.29) is 10.0 Å². The van der Waals surface area contributed by atoms with E-state index in [1.807, 2.05) is 0 Å². The summed E-state index contributed by atoms with van der Waals surface area (Å²) >= 11 is 21.3. The number of anilines is 1. The first-order valence-corrected chi connectivity index (χ1v) is 7.78. The van der Waals surface area contributed by atoms with Crippen LogP contribution in [0.25, 0.3) is 0 Å². The van der Waals surface area contributed by atoms with Crippen molar-refractivity contribution in [1.29, 1.82) is 0 Å². The third-order valence-corrected chi connectivity index (χ3v) is 4.52. The van der Waals surface area contributed by atoms with Crippen LogP contribution in [0.1, 0.15) is 18.5 Å². The lowest BCUT2D eigenvalue weighted by Crippen LogP contribution is -2.09. The van der Waals surface area contributed by atoms with Crippen LogP contribution in [0.5, 0.6) is 0 Å². The summed E-state index contributed by atoms with van der Waals surface area (Å²) in [4.78, 5) is 0. The lowest BCUT2D eigenvalue weighted by molar-refractivity contribution is 0.624. The summed E-state index contributed by atoms with van der Waals surface area (Å²) in [6.45, 7) is 1.75. The molecule has 7 heteroatoms. The van der Waals surface area contributed by atoms with Gasteiger partial charge >= 0.3 is 0 Å². The molecule has 2 rings (SSSR count). The Labute approximate surface area is 144 Å². The first kappa shape index (κ1) is 16.8. The second-order valence-electron chi connectivity index (χ2n) is 4.37. The summed E-state index contributed by atoms with van der Waals surface area (Å²) in [5, 5.41) is 3.51. The zero-order valence-electron chi connectivity index (χ0n) is 10.7. The number of benzene rings is 2. The fraction of sp³-hybridized carbons (Fsp3) is 0.143. The van der Waals surface area contributed by atoms with E-state index in [4.69, 9.17) is 34.8 Å². The van der Waals surface area contributed by atoms with Gasteiger partial charge in [-0.25, -0.2) is 8.78 Å². The molecule has 0 heterocycles. The van der Waals surface area contributed by atoms with E-state index < -0.39 is 17.7 Å². The molecular formula is C14H9BrCl3F2N. The van der Waals surface area contributed by atoms with Crippen molar-refractivity contribution in [3.63, 3.8) is 0 Å². The number of hydrogen-bond donors (Lipinski definition) is 1. The summed E-state index contributed by atoms with van der Waals surface area (Å²) < 4.78 is 27.2. The molecule has 0 saturated heterocycles. The molecule has 2 aromatic rings. The fourth-order valence-electron chi connectivity index (χ4n) is 1.91. The van der Waals surface area contributed by atoms with E-state index >= 15 is 0 Å². The van der Waals surface area contributed by atoms with Crippen molar-refractivity contribution in [2.75, 3.05) is 5.32 Å². The van der Waals surface area contributed by atoms with E-state index in [0.717, 1.165) is 0 Å². The molecule has 0 fully saturated rings. The third kappa shape index (κ3) is 3.62. The van der Waals surface area contributed by atoms with Gasteiger partial charge in [0.1, 0.15) is 11.6 Å². The Balaban J connectivity index is 2.40. The monoisotopic (exact) mass is 413 g/mol. The normalized spacial score (nSPS) is 12.3. The SMILES string of the molecule is CC(Nc1c(Cl)cc(F)cc1Br)c1c(Cl)ccc(F)c1Cl. The molecule has 0 amide bonds. The van der Waals surface area contributed by atoms with Crippen LogP contribution in [0.4, 0.5) is 14.5 Å². The van der Waals surface area contributed by atoms with Crippen molar-refractivity contribution in [2.24, 2.45) is 0 Å². The van der Waals surface area contributed by atoms with Gasteiger partial charge in [-0.05, 0) is 47.1 Å². The van der Waals surface area contributed by atoms with E-state index in [0.29, 0.717) is 20.7 Å². The molecule has 1 N–H and O–H groups in total. The van der Waals surface area contributed by atoms with Gasteiger partial charge in [0.25, 0.3) is 0 Å². The minimum Gasteiger partial charge on any atom is -0.376 e. The maximum Gasteiger partial charge on any atom is 0.142 e. The molecule has 2 aromatic carbocycles. The smallest absolute Gasteiger partial charge is 0.142 e. The molecule has 1 nitrogen and oxygen atoms in total. The molecule has 0 saturated carbocycles. The van der Waals surface area contributed by atoms with Gasteiger partial charge in [-0.1, -0.05) is 34.8 Å². The Kier molecular flexibility index (Phi) is 5.36. The van der Waals surface area contributed by atoms with Crippen LogP contribution in [-0.4, -0.2) is 0 Å². The zero-order valence-corrected chi connectivity index (χ0v) is 14.5. The van der Waals surface area contributed by atoms with Crippen molar-refractivity contribution in [2.45, 2.75) is 13.0 Å². The van der Waals surface area contributed by atoms with Gasteiger partial charge in [-0.2, -0.15) is 0 Å². The third-order valence-electron chi connectivity index (χ3n) is 2.88. The summed E-state index contributed by atoms with van der Waals surface area (Å²) in [5.41, 5.74) is 0.882. The maximum atomic E-state index is 13.6. The maximum absolute atomic E-state index is 13.6. The average Bonchev–Trinajstić information content (AvgIpc) is 2.38. The molecule has 112 valence electrons. The molecule has 0 radical (unpaired) electrons. The van der Waals surface area contributed by atoms with Crippen LogP contribution in [0.2, 0.25) is 15.1 Å². The van der Waals surface area contributed by atoms with Gasteiger partial charge in [0.2, 0.25) is 0 Å². The van der Waals surface area contributed by atoms with Crippen molar-refractivity contribution < 1.29 is 8.78 Å². The molecule has 21 heavy (non-hydrogen) atoms. The Morgan fingerprint density at radius 1 is 1.10 bits per heavy atom. The molecule has 0 aliphatic carbocycles. The highest BCUT2D eigenvalue weighted by Crippen LogP contribution is 2.38. The number of nitrogens with one attached hydrogen (secondary N) is 1. The van der Waals surface area contributed by atoms with E-state index in [2.05, 4.69) is 21.2 Å². The standard InChI is InChI=1S/C14H9BrCl3F2N/c1-6(12-9(16)2-3-11(20)13(12)18)21-14-8(15)4-7(19)5-10(14)17/h2-6,21H,1H3. The predicted molar refractivity (Wildman–Crippen MR) is 87.6 cm³/mol. The van der Waals surface area contributed by atoms with Gasteiger partial charge in [-0.3, -0.25) is 0 Å². The molecule has 1 unspecified atom stereocenters. The van der Waals surface area contributed by atoms with Crippen LogP contribution in [0, 0.1) is 11.6 Å². The average molecular weight is 415 g/mol. The van der Waals surface area contributed by atoms with Crippen LogP contribution >= 0.6 is 50.7 Å². The van der Waals surface area contributed by atoms with E-state index in [9.17, 15) is 8.78 Å². The summed E-state index contributed by atoms with van der Waals surface area (Å²) in [6.07, 6.45) is 0. The molecule has 1 atom stereocenters. The van der Waals surface area contributed by atoms with Crippen molar-refractivity contribution in [3.8, 4) is 0 Å². The molecular weight excluding hydrogens is 406 g/mol. The summed E-state index contributed by atoms with van der Waals surface area (Å²) in [7, 11) is 0. The first-order valence-electron chi connectivity index (χ1n) is 5.85. The Bertz CT molecular complexity index is 671. The Morgan fingerprint density at radius 2 is 1.76 bits per heavy atom. The second-order valence-corrected chi connectivity index (χ2v) is 6.41. The minimum atomic E-state index is -0.561. The highest BCUT2D eigenvalue weighted by Gasteiger charge is 2.19. The van der Waals surface area contributed by atoms with Crippen molar-refractivity contribution in [3.05, 3.63) is 61.0 Å². The fourth-order valence-corrected chi connectivity index (χ4v) is 3.53. The first-order chi connectivity index (χ1) is 9.81. The summed E-state index contributed by atoms with van der Waals surface area (Å²) in [5.74, 6) is -1.03. The minimum absolute atomic E-state index is 0.0585. The highest BCUT2D eigenvalue weighted by molar-refractivity contribution is 9.10. The topological polar surface area (TPSA) is 12.0 Å². The molecule has 0 aliphatic rings. The molecule has 0 aliphatic heterocycles. The predicted octanol–water partition coefficient (Wildman–Crippen LogP) is 6.86. The molecule has 0 aromatic heterocycles. The van der Waals surface area contributed by atoms with Gasteiger partial charge < -0.3 is 5.32 Å². The summed E-state index contributed by atoms with van der Waals surface area (Å²) in [6, 6.07) is 4.64. The van der Waals surface area contributed by atoms with Gasteiger partial charge in [-0.15, -0.1) is 0 Å². The lowest BCUT2D eigenvalue weighted by Gasteiger charge is -2.20. The van der Waals surface area contributed by atoms with E-state index in [1.165, 1.54) is 24.3 Å². The van der Waals surface area contributed by atoms with Crippen LogP contribution in [-0.2, 0) is 0 Å². The second kappa shape index (κ2) is 6.69. The lowest BCUT2D eigenvalue weighted by atomic mass is 10.1. The van der Waals surface area contributed by atoms with E-state index in [1.54, 1.807) is 6.92 Å². The van der Waals surface area contributed by atoms with Crippen LogP contribution in [0.3, 0.4) is 0 Å². The van der Waals surface area contributed by atoms with Crippen molar-refractivity contribution in [1.82, 2.24) is 0 Å². The van der Waals surface area contributed by atoms with Crippen LogP contribution < -0.4 is 5.32 Å². The zero-order chi connectivity index (χ0) is 15.7. The number of hydrogen-bond acceptors (Lipinski definition) is 1. The van der Waals surface area contributed by atoms with Gasteiger partial charge in [0, 0.05) is 15.1 Å².